The minimum absolute atomic E-state index is 0.0891. The number of carbonyl (C=O) groups is 1. The number of sulfonamides is 1. The largest absolute Gasteiger partial charge is 0.333 e. The van der Waals surface area contributed by atoms with Gasteiger partial charge in [-0.3, -0.25) is 14.1 Å². The van der Waals surface area contributed by atoms with Gasteiger partial charge in [0.15, 0.2) is 0 Å². The highest BCUT2D eigenvalue weighted by Gasteiger charge is 2.22. The summed E-state index contributed by atoms with van der Waals surface area (Å²) in [5, 5.41) is 8.93. The lowest BCUT2D eigenvalue weighted by Gasteiger charge is -2.22. The van der Waals surface area contributed by atoms with Gasteiger partial charge in [-0.1, -0.05) is 24.3 Å². The first-order chi connectivity index (χ1) is 14.9. The molecule has 0 bridgehead atoms. The number of hydrogen-bond donors (Lipinski definition) is 0. The summed E-state index contributed by atoms with van der Waals surface area (Å²) in [6.07, 6.45) is 3.51. The highest BCUT2D eigenvalue weighted by molar-refractivity contribution is 7.92. The molecule has 3 rings (SSSR count). The number of amides is 1. The fourth-order valence-electron chi connectivity index (χ4n) is 3.04. The monoisotopic (exact) mass is 434 g/mol. The van der Waals surface area contributed by atoms with Crippen LogP contribution in [-0.2, 0) is 16.6 Å². The van der Waals surface area contributed by atoms with Crippen LogP contribution in [0.25, 0.3) is 0 Å². The zero-order valence-electron chi connectivity index (χ0n) is 17.0. The summed E-state index contributed by atoms with van der Waals surface area (Å²) < 4.78 is 27.0. The molecule has 0 aliphatic carbocycles. The van der Waals surface area contributed by atoms with Crippen LogP contribution in [0.1, 0.15) is 22.3 Å². The molecule has 1 heterocycles. The molecule has 0 atom stereocenters. The number of para-hydroxylation sites is 1. The van der Waals surface area contributed by atoms with Crippen LogP contribution in [0.15, 0.2) is 84.0 Å². The normalized spacial score (nSPS) is 10.8. The van der Waals surface area contributed by atoms with Crippen molar-refractivity contribution in [1.82, 2.24) is 9.88 Å². The summed E-state index contributed by atoms with van der Waals surface area (Å²) in [5.74, 6) is -0.278. The summed E-state index contributed by atoms with van der Waals surface area (Å²) >= 11 is 0. The van der Waals surface area contributed by atoms with Gasteiger partial charge in [-0.05, 0) is 48.0 Å². The van der Waals surface area contributed by atoms with Crippen molar-refractivity contribution in [3.63, 3.8) is 0 Å². The molecular formula is C23H22N4O3S. The van der Waals surface area contributed by atoms with Gasteiger partial charge >= 0.3 is 0 Å². The van der Waals surface area contributed by atoms with Crippen LogP contribution < -0.4 is 4.31 Å². The number of rotatable bonds is 8. The second-order valence-electron chi connectivity index (χ2n) is 6.83. The summed E-state index contributed by atoms with van der Waals surface area (Å²) in [4.78, 5) is 18.7. The lowest BCUT2D eigenvalue weighted by atomic mass is 10.1. The van der Waals surface area contributed by atoms with E-state index >= 15 is 0 Å². The maximum Gasteiger partial charge on any atom is 0.264 e. The van der Waals surface area contributed by atoms with Gasteiger partial charge in [0.2, 0.25) is 0 Å². The molecule has 3 aromatic rings. The Labute approximate surface area is 182 Å². The zero-order chi connectivity index (χ0) is 22.3. The molecule has 0 radical (unpaired) electrons. The Morgan fingerprint density at radius 1 is 1.03 bits per heavy atom. The molecule has 158 valence electrons. The summed E-state index contributed by atoms with van der Waals surface area (Å²) in [6, 6.07) is 20.3. The van der Waals surface area contributed by atoms with Crippen molar-refractivity contribution in [3.05, 3.63) is 90.3 Å². The second-order valence-corrected chi connectivity index (χ2v) is 8.80. The lowest BCUT2D eigenvalue weighted by molar-refractivity contribution is 0.0746. The summed E-state index contributed by atoms with van der Waals surface area (Å²) in [7, 11) is -2.27. The first-order valence-corrected chi connectivity index (χ1v) is 11.1. The average molecular weight is 435 g/mol. The van der Waals surface area contributed by atoms with Crippen LogP contribution in [0.4, 0.5) is 5.69 Å². The van der Waals surface area contributed by atoms with Crippen molar-refractivity contribution in [3.8, 4) is 6.07 Å². The Bertz CT molecular complexity index is 1160. The molecule has 0 saturated carbocycles. The topological polar surface area (TPSA) is 94.4 Å². The summed E-state index contributed by atoms with van der Waals surface area (Å²) in [6.45, 7) is 0.576. The molecule has 0 fully saturated rings. The third-order valence-corrected chi connectivity index (χ3v) is 6.56. The van der Waals surface area contributed by atoms with Crippen LogP contribution >= 0.6 is 0 Å². The third-order valence-electron chi connectivity index (χ3n) is 4.76. The number of benzene rings is 2. The molecule has 31 heavy (non-hydrogen) atoms. The van der Waals surface area contributed by atoms with Crippen LogP contribution in [0.5, 0.6) is 0 Å². The number of anilines is 1. The smallest absolute Gasteiger partial charge is 0.264 e. The van der Waals surface area contributed by atoms with Gasteiger partial charge < -0.3 is 4.90 Å². The molecule has 0 saturated heterocycles. The fraction of sp³-hybridized carbons (Fsp3) is 0.174. The number of pyridine rings is 1. The minimum atomic E-state index is -3.76. The minimum Gasteiger partial charge on any atom is -0.333 e. The van der Waals surface area contributed by atoms with Gasteiger partial charge in [0.25, 0.3) is 15.9 Å². The second kappa shape index (κ2) is 9.87. The number of nitriles is 1. The number of hydrogen-bond acceptors (Lipinski definition) is 5. The Hall–Kier alpha value is -3.70. The van der Waals surface area contributed by atoms with E-state index in [2.05, 4.69) is 11.1 Å². The molecule has 7 nitrogen and oxygen atoms in total. The number of carbonyl (C=O) groups excluding carboxylic acids is 1. The van der Waals surface area contributed by atoms with E-state index in [4.69, 9.17) is 5.26 Å². The molecule has 0 aliphatic rings. The summed E-state index contributed by atoms with van der Waals surface area (Å²) in [5.41, 5.74) is 1.74. The lowest BCUT2D eigenvalue weighted by Crippen LogP contribution is -2.31. The van der Waals surface area contributed by atoms with Crippen LogP contribution in [-0.4, -0.2) is 37.8 Å². The number of nitrogens with zero attached hydrogens (tertiary/aromatic N) is 4. The van der Waals surface area contributed by atoms with Gasteiger partial charge in [-0.2, -0.15) is 5.26 Å². The standard InChI is InChI=1S/C23H22N4O3S/c1-26(21-8-3-2-4-9-21)31(29,30)22-12-10-20(11-13-22)23(28)27(16-6-14-24)18-19-7-5-15-25-17-19/h2-5,7-13,15,17H,6,16,18H2,1H3. The van der Waals surface area contributed by atoms with E-state index in [9.17, 15) is 13.2 Å². The van der Waals surface area contributed by atoms with Crippen LogP contribution in [0, 0.1) is 11.3 Å². The van der Waals surface area contributed by atoms with E-state index in [1.165, 1.54) is 35.6 Å². The van der Waals surface area contributed by atoms with Crippen molar-refractivity contribution in [1.29, 1.82) is 5.26 Å². The first kappa shape index (κ1) is 22.0. The Kier molecular flexibility index (Phi) is 7.00. The predicted molar refractivity (Wildman–Crippen MR) is 118 cm³/mol. The highest BCUT2D eigenvalue weighted by Crippen LogP contribution is 2.22. The van der Waals surface area contributed by atoms with Crippen molar-refractivity contribution in [2.45, 2.75) is 17.9 Å². The van der Waals surface area contributed by atoms with E-state index in [0.717, 1.165) is 5.56 Å². The fourth-order valence-corrected chi connectivity index (χ4v) is 4.23. The number of aromatic nitrogens is 1. The van der Waals surface area contributed by atoms with Crippen LogP contribution in [0.3, 0.4) is 0 Å². The molecular weight excluding hydrogens is 412 g/mol. The zero-order valence-corrected chi connectivity index (χ0v) is 17.9. The maximum atomic E-state index is 13.0. The molecule has 0 N–H and O–H groups in total. The quantitative estimate of drug-likeness (QED) is 0.541. The van der Waals surface area contributed by atoms with E-state index in [0.29, 0.717) is 17.8 Å². The van der Waals surface area contributed by atoms with E-state index in [-0.39, 0.29) is 23.8 Å². The van der Waals surface area contributed by atoms with E-state index < -0.39 is 10.0 Å². The Balaban J connectivity index is 1.81. The van der Waals surface area contributed by atoms with Crippen molar-refractivity contribution in [2.75, 3.05) is 17.9 Å². The molecule has 0 spiro atoms. The van der Waals surface area contributed by atoms with Crippen LogP contribution in [0.2, 0.25) is 0 Å². The third kappa shape index (κ3) is 5.27. The van der Waals surface area contributed by atoms with Crippen molar-refractivity contribution in [2.24, 2.45) is 0 Å². The first-order valence-electron chi connectivity index (χ1n) is 9.62. The van der Waals surface area contributed by atoms with Gasteiger partial charge in [-0.25, -0.2) is 8.42 Å². The Morgan fingerprint density at radius 3 is 2.35 bits per heavy atom. The van der Waals surface area contributed by atoms with E-state index in [1.54, 1.807) is 47.6 Å². The van der Waals surface area contributed by atoms with Gasteiger partial charge in [-0.15, -0.1) is 0 Å². The molecule has 8 heteroatoms. The molecule has 1 aromatic heterocycles. The van der Waals surface area contributed by atoms with Crippen molar-refractivity contribution < 1.29 is 13.2 Å². The molecule has 0 unspecified atom stereocenters. The van der Waals surface area contributed by atoms with Gasteiger partial charge in [0.05, 0.1) is 23.1 Å². The predicted octanol–water partition coefficient (Wildman–Crippen LogP) is 3.46. The van der Waals surface area contributed by atoms with Gasteiger partial charge in [0, 0.05) is 38.1 Å². The molecule has 2 aromatic carbocycles. The molecule has 0 aliphatic heterocycles. The SMILES string of the molecule is CN(c1ccccc1)S(=O)(=O)c1ccc(C(=O)N(CCC#N)Cc2cccnc2)cc1. The Morgan fingerprint density at radius 2 is 1.74 bits per heavy atom. The van der Waals surface area contributed by atoms with Gasteiger partial charge in [0.1, 0.15) is 0 Å². The average Bonchev–Trinajstić information content (AvgIpc) is 2.82. The van der Waals surface area contributed by atoms with Crippen molar-refractivity contribution >= 4 is 21.6 Å². The highest BCUT2D eigenvalue weighted by atomic mass is 32.2. The van der Waals surface area contributed by atoms with E-state index in [1.807, 2.05) is 12.1 Å². The maximum absolute atomic E-state index is 13.0. The molecule has 1 amide bonds.